The Morgan fingerprint density at radius 3 is 2.60 bits per heavy atom. The van der Waals surface area contributed by atoms with E-state index in [0.717, 1.165) is 28.2 Å². The van der Waals surface area contributed by atoms with Crippen LogP contribution in [0.1, 0.15) is 21.5 Å². The van der Waals surface area contributed by atoms with Crippen LogP contribution < -0.4 is 10.5 Å². The Balaban J connectivity index is 1.53. The third kappa shape index (κ3) is 4.32. The van der Waals surface area contributed by atoms with Crippen molar-refractivity contribution in [3.8, 4) is 16.9 Å². The fourth-order valence-electron chi connectivity index (χ4n) is 3.98. The SMILES string of the molecule is Cc1cc(C(=O)Nc2ccc(C)c(-n3ccc4ncc(-c5cccnc5)n43)c2)cc(S(N)(=O)=O)c1. The zero-order valence-corrected chi connectivity index (χ0v) is 19.8. The van der Waals surface area contributed by atoms with Gasteiger partial charge in [-0.1, -0.05) is 6.07 Å². The maximum absolute atomic E-state index is 13.0. The fourth-order valence-corrected chi connectivity index (χ4v) is 4.63. The second kappa shape index (κ2) is 8.49. The highest BCUT2D eigenvalue weighted by atomic mass is 32.2. The highest BCUT2D eigenvalue weighted by molar-refractivity contribution is 7.89. The molecule has 2 aromatic carbocycles. The van der Waals surface area contributed by atoms with Crippen molar-refractivity contribution in [1.82, 2.24) is 19.2 Å². The summed E-state index contributed by atoms with van der Waals surface area (Å²) in [6.07, 6.45) is 7.21. The quantitative estimate of drug-likeness (QED) is 0.392. The number of hydrogen-bond acceptors (Lipinski definition) is 5. The zero-order valence-electron chi connectivity index (χ0n) is 19.0. The van der Waals surface area contributed by atoms with E-state index in [1.165, 1.54) is 12.1 Å². The normalized spacial score (nSPS) is 11.6. The van der Waals surface area contributed by atoms with Gasteiger partial charge in [0.1, 0.15) is 0 Å². The summed E-state index contributed by atoms with van der Waals surface area (Å²) in [7, 11) is -3.93. The van der Waals surface area contributed by atoms with Crippen molar-refractivity contribution in [2.75, 3.05) is 5.32 Å². The number of pyridine rings is 1. The molecule has 0 aliphatic rings. The van der Waals surface area contributed by atoms with Crippen molar-refractivity contribution < 1.29 is 13.2 Å². The van der Waals surface area contributed by atoms with Crippen molar-refractivity contribution in [3.05, 3.63) is 96.1 Å². The Morgan fingerprint density at radius 2 is 1.86 bits per heavy atom. The molecule has 0 atom stereocenters. The third-order valence-electron chi connectivity index (χ3n) is 5.66. The zero-order chi connectivity index (χ0) is 24.7. The number of imidazole rings is 1. The van der Waals surface area contributed by atoms with Gasteiger partial charge in [0.2, 0.25) is 10.0 Å². The molecule has 0 unspecified atom stereocenters. The molecule has 9 nitrogen and oxygen atoms in total. The minimum absolute atomic E-state index is 0.106. The predicted octanol–water partition coefficient (Wildman–Crippen LogP) is 3.70. The van der Waals surface area contributed by atoms with Gasteiger partial charge in [-0.25, -0.2) is 23.1 Å². The van der Waals surface area contributed by atoms with Crippen LogP contribution in [0, 0.1) is 13.8 Å². The minimum atomic E-state index is -3.93. The van der Waals surface area contributed by atoms with Crippen molar-refractivity contribution in [1.29, 1.82) is 0 Å². The van der Waals surface area contributed by atoms with Crippen LogP contribution in [0.3, 0.4) is 0 Å². The molecule has 0 fully saturated rings. The van der Waals surface area contributed by atoms with Gasteiger partial charge in [-0.3, -0.25) is 14.5 Å². The summed E-state index contributed by atoms with van der Waals surface area (Å²) in [4.78, 5) is 21.6. The molecule has 1 amide bonds. The summed E-state index contributed by atoms with van der Waals surface area (Å²) >= 11 is 0. The number of carbonyl (C=O) groups excluding carboxylic acids is 1. The third-order valence-corrected chi connectivity index (χ3v) is 6.55. The van der Waals surface area contributed by atoms with Crippen LogP contribution in [0.5, 0.6) is 0 Å². The Kier molecular flexibility index (Phi) is 5.46. The van der Waals surface area contributed by atoms with Crippen molar-refractivity contribution in [3.63, 3.8) is 0 Å². The van der Waals surface area contributed by atoms with Crippen LogP contribution in [0.2, 0.25) is 0 Å². The lowest BCUT2D eigenvalue weighted by molar-refractivity contribution is 0.102. The molecular weight excluding hydrogens is 464 g/mol. The number of nitrogens with two attached hydrogens (primary N) is 1. The van der Waals surface area contributed by atoms with Gasteiger partial charge in [0.15, 0.2) is 5.65 Å². The first-order valence-electron chi connectivity index (χ1n) is 10.7. The molecular formula is C25H22N6O3S. The molecule has 0 bridgehead atoms. The molecule has 0 radical (unpaired) electrons. The lowest BCUT2D eigenvalue weighted by Gasteiger charge is -2.14. The molecule has 0 spiro atoms. The number of hydrogen-bond donors (Lipinski definition) is 2. The predicted molar refractivity (Wildman–Crippen MR) is 133 cm³/mol. The summed E-state index contributed by atoms with van der Waals surface area (Å²) in [5.74, 6) is -0.440. The van der Waals surface area contributed by atoms with Crippen LogP contribution in [-0.2, 0) is 10.0 Å². The minimum Gasteiger partial charge on any atom is -0.322 e. The summed E-state index contributed by atoms with van der Waals surface area (Å²) in [5.41, 5.74) is 5.77. The number of benzene rings is 2. The van der Waals surface area contributed by atoms with Gasteiger partial charge in [-0.2, -0.15) is 0 Å². The molecule has 5 aromatic rings. The topological polar surface area (TPSA) is 124 Å². The van der Waals surface area contributed by atoms with Crippen LogP contribution in [0.4, 0.5) is 5.69 Å². The number of nitrogens with zero attached hydrogens (tertiary/aromatic N) is 4. The average Bonchev–Trinajstić information content (AvgIpc) is 3.42. The summed E-state index contributed by atoms with van der Waals surface area (Å²) in [5, 5.41) is 8.11. The summed E-state index contributed by atoms with van der Waals surface area (Å²) < 4.78 is 27.5. The number of rotatable bonds is 5. The van der Waals surface area contributed by atoms with Gasteiger partial charge < -0.3 is 5.32 Å². The summed E-state index contributed by atoms with van der Waals surface area (Å²) in [6.45, 7) is 3.68. The van der Waals surface area contributed by atoms with Gasteiger partial charge in [0.05, 0.1) is 22.5 Å². The van der Waals surface area contributed by atoms with Crippen LogP contribution >= 0.6 is 0 Å². The molecule has 3 aromatic heterocycles. The second-order valence-corrected chi connectivity index (χ2v) is 9.81. The van der Waals surface area contributed by atoms with Gasteiger partial charge >= 0.3 is 0 Å². The number of aromatic nitrogens is 4. The molecule has 10 heteroatoms. The highest BCUT2D eigenvalue weighted by Gasteiger charge is 2.16. The molecule has 0 saturated heterocycles. The largest absolute Gasteiger partial charge is 0.322 e. The van der Waals surface area contributed by atoms with Crippen LogP contribution in [0.15, 0.2) is 84.3 Å². The van der Waals surface area contributed by atoms with E-state index in [-0.39, 0.29) is 10.5 Å². The lowest BCUT2D eigenvalue weighted by Crippen LogP contribution is -2.16. The average molecular weight is 487 g/mol. The molecule has 5 rings (SSSR count). The van der Waals surface area contributed by atoms with E-state index in [1.807, 2.05) is 52.6 Å². The van der Waals surface area contributed by atoms with Crippen LogP contribution in [-0.4, -0.2) is 33.5 Å². The lowest BCUT2D eigenvalue weighted by atomic mass is 10.1. The number of fused-ring (bicyclic) bond motifs is 1. The standard InChI is InChI=1S/C25H22N6O3S/c1-16-10-19(12-21(11-16)35(26,33)34)25(32)29-20-6-5-17(2)22(13-20)30-9-7-24-28-15-23(31(24)30)18-4-3-8-27-14-18/h3-15H,1-2H3,(H,29,32)(H2,26,33,34). The number of aryl methyl sites for hydroxylation is 2. The molecule has 3 heterocycles. The maximum Gasteiger partial charge on any atom is 0.255 e. The van der Waals surface area contributed by atoms with Crippen molar-refractivity contribution >= 4 is 27.3 Å². The van der Waals surface area contributed by atoms with E-state index in [2.05, 4.69) is 15.3 Å². The first-order chi connectivity index (χ1) is 16.7. The maximum atomic E-state index is 13.0. The fraction of sp³-hybridized carbons (Fsp3) is 0.0800. The van der Waals surface area contributed by atoms with E-state index >= 15 is 0 Å². The van der Waals surface area contributed by atoms with E-state index in [4.69, 9.17) is 5.14 Å². The Bertz CT molecular complexity index is 1690. The molecule has 35 heavy (non-hydrogen) atoms. The van der Waals surface area contributed by atoms with Crippen molar-refractivity contribution in [2.24, 2.45) is 5.14 Å². The molecule has 0 saturated carbocycles. The van der Waals surface area contributed by atoms with Gasteiger partial charge in [-0.15, -0.1) is 0 Å². The monoisotopic (exact) mass is 486 g/mol. The Labute approximate surface area is 201 Å². The second-order valence-electron chi connectivity index (χ2n) is 8.25. The first kappa shape index (κ1) is 22.5. The number of carbonyl (C=O) groups is 1. The van der Waals surface area contributed by atoms with E-state index < -0.39 is 15.9 Å². The van der Waals surface area contributed by atoms with Crippen molar-refractivity contribution in [2.45, 2.75) is 18.7 Å². The number of primary sulfonamides is 1. The first-order valence-corrected chi connectivity index (χ1v) is 12.3. The van der Waals surface area contributed by atoms with Gasteiger partial charge in [-0.05, 0) is 67.4 Å². The molecule has 0 aliphatic heterocycles. The van der Waals surface area contributed by atoms with Gasteiger partial charge in [0.25, 0.3) is 5.91 Å². The van der Waals surface area contributed by atoms with Gasteiger partial charge in [0, 0.05) is 41.5 Å². The summed E-state index contributed by atoms with van der Waals surface area (Å²) in [6, 6.07) is 15.6. The Hall–Kier alpha value is -4.28. The number of anilines is 1. The van der Waals surface area contributed by atoms with E-state index in [0.29, 0.717) is 11.3 Å². The number of amides is 1. The molecule has 176 valence electrons. The van der Waals surface area contributed by atoms with E-state index in [9.17, 15) is 13.2 Å². The smallest absolute Gasteiger partial charge is 0.255 e. The highest BCUT2D eigenvalue weighted by Crippen LogP contribution is 2.26. The molecule has 3 N–H and O–H groups in total. The van der Waals surface area contributed by atoms with Crippen LogP contribution in [0.25, 0.3) is 22.6 Å². The van der Waals surface area contributed by atoms with E-state index in [1.54, 1.807) is 37.6 Å². The number of sulfonamides is 1. The molecule has 0 aliphatic carbocycles. The Morgan fingerprint density at radius 1 is 1.03 bits per heavy atom. The number of nitrogens with one attached hydrogen (secondary N) is 1.